The molecule has 0 saturated carbocycles. The van der Waals surface area contributed by atoms with Gasteiger partial charge in [-0.1, -0.05) is 0 Å². The number of carbonyl (C=O) groups is 2. The maximum atomic E-state index is 11.2. The van der Waals surface area contributed by atoms with Gasteiger partial charge in [0.15, 0.2) is 0 Å². The van der Waals surface area contributed by atoms with Gasteiger partial charge < -0.3 is 9.80 Å². The molecule has 1 heterocycles. The number of rotatable bonds is 2. The van der Waals surface area contributed by atoms with Crippen molar-refractivity contribution in [2.75, 3.05) is 26.2 Å². The molecule has 1 saturated heterocycles. The Morgan fingerprint density at radius 1 is 1.14 bits per heavy atom. The van der Waals surface area contributed by atoms with Crippen LogP contribution in [0.25, 0.3) is 0 Å². The molecule has 2 amide bonds. The molecule has 1 rings (SSSR count). The number of amides is 2. The van der Waals surface area contributed by atoms with E-state index in [4.69, 9.17) is 0 Å². The van der Waals surface area contributed by atoms with Gasteiger partial charge in [-0.2, -0.15) is 0 Å². The number of nitrogens with zero attached hydrogens (tertiary/aromatic N) is 2. The summed E-state index contributed by atoms with van der Waals surface area (Å²) in [6.45, 7) is 3.65. The lowest BCUT2D eigenvalue weighted by Gasteiger charge is -2.33. The molecule has 1 aliphatic heterocycles. The molecule has 1 fully saturated rings. The van der Waals surface area contributed by atoms with Crippen LogP contribution in [0.5, 0.6) is 0 Å². The van der Waals surface area contributed by atoms with Gasteiger partial charge in [-0.3, -0.25) is 14.4 Å². The zero-order valence-electron chi connectivity index (χ0n) is 8.15. The Labute approximate surface area is 82.7 Å². The van der Waals surface area contributed by atoms with Gasteiger partial charge in [-0.05, 0) is 0 Å². The molecule has 1 radical (unpaired) electrons. The maximum Gasteiger partial charge on any atom is 0.230 e. The summed E-state index contributed by atoms with van der Waals surface area (Å²) in [4.78, 5) is 35.5. The van der Waals surface area contributed by atoms with E-state index < -0.39 is 0 Å². The minimum absolute atomic E-state index is 0.0269. The third kappa shape index (κ3) is 2.55. The first kappa shape index (κ1) is 10.7. The zero-order valence-corrected chi connectivity index (χ0v) is 8.15. The molecule has 0 aliphatic carbocycles. The van der Waals surface area contributed by atoms with E-state index in [2.05, 4.69) is 0 Å². The fourth-order valence-corrected chi connectivity index (χ4v) is 1.44. The van der Waals surface area contributed by atoms with Crippen molar-refractivity contribution in [2.45, 2.75) is 13.3 Å². The SMILES string of the molecule is CC(=O)N1CCN(C(=O)C[C]=O)CC1. The van der Waals surface area contributed by atoms with E-state index in [0.29, 0.717) is 26.2 Å². The highest BCUT2D eigenvalue weighted by Gasteiger charge is 2.21. The summed E-state index contributed by atoms with van der Waals surface area (Å²) in [5, 5.41) is 0. The first-order chi connectivity index (χ1) is 6.65. The quantitative estimate of drug-likeness (QED) is 0.543. The van der Waals surface area contributed by atoms with Crippen molar-refractivity contribution in [3.05, 3.63) is 0 Å². The first-order valence-corrected chi connectivity index (χ1v) is 4.53. The lowest BCUT2D eigenvalue weighted by atomic mass is 10.3. The Balaban J connectivity index is 2.38. The zero-order chi connectivity index (χ0) is 10.6. The average Bonchev–Trinajstić information content (AvgIpc) is 2.18. The lowest BCUT2D eigenvalue weighted by molar-refractivity contribution is -0.137. The van der Waals surface area contributed by atoms with Crippen LogP contribution in [0, 0.1) is 0 Å². The van der Waals surface area contributed by atoms with Crippen molar-refractivity contribution >= 4 is 18.1 Å². The molecule has 0 aromatic rings. The van der Waals surface area contributed by atoms with Crippen LogP contribution in [0.15, 0.2) is 0 Å². The molecule has 0 N–H and O–H groups in total. The maximum absolute atomic E-state index is 11.2. The van der Waals surface area contributed by atoms with Crippen molar-refractivity contribution < 1.29 is 14.4 Å². The minimum atomic E-state index is -0.205. The van der Waals surface area contributed by atoms with Crippen LogP contribution in [0.3, 0.4) is 0 Å². The molecule has 0 bridgehead atoms. The summed E-state index contributed by atoms with van der Waals surface area (Å²) in [7, 11) is 0. The first-order valence-electron chi connectivity index (χ1n) is 4.53. The molecule has 77 valence electrons. The second kappa shape index (κ2) is 4.74. The van der Waals surface area contributed by atoms with E-state index in [0.717, 1.165) is 0 Å². The Bertz CT molecular complexity index is 244. The van der Waals surface area contributed by atoms with Crippen molar-refractivity contribution in [1.82, 2.24) is 9.80 Å². The fraction of sp³-hybridized carbons (Fsp3) is 0.667. The molecule has 0 spiro atoms. The minimum Gasteiger partial charge on any atom is -0.339 e. The van der Waals surface area contributed by atoms with Crippen molar-refractivity contribution in [2.24, 2.45) is 0 Å². The van der Waals surface area contributed by atoms with Gasteiger partial charge in [0.05, 0.1) is 6.42 Å². The predicted molar refractivity (Wildman–Crippen MR) is 49.1 cm³/mol. The molecule has 0 aromatic heterocycles. The van der Waals surface area contributed by atoms with Crippen molar-refractivity contribution in [3.8, 4) is 0 Å². The van der Waals surface area contributed by atoms with Crippen molar-refractivity contribution in [3.63, 3.8) is 0 Å². The third-order valence-electron chi connectivity index (χ3n) is 2.30. The monoisotopic (exact) mass is 197 g/mol. The molecule has 0 unspecified atom stereocenters. The lowest BCUT2D eigenvalue weighted by Crippen LogP contribution is -2.50. The highest BCUT2D eigenvalue weighted by atomic mass is 16.2. The Morgan fingerprint density at radius 3 is 2.07 bits per heavy atom. The third-order valence-corrected chi connectivity index (χ3v) is 2.30. The van der Waals surface area contributed by atoms with Gasteiger partial charge in [-0.25, -0.2) is 0 Å². The standard InChI is InChI=1S/C9H13N2O3/c1-8(13)10-3-5-11(6-4-10)9(14)2-7-12/h2-6H2,1H3. The van der Waals surface area contributed by atoms with Gasteiger partial charge >= 0.3 is 0 Å². The fourth-order valence-electron chi connectivity index (χ4n) is 1.44. The summed E-state index contributed by atoms with van der Waals surface area (Å²) in [5.74, 6) is -0.178. The van der Waals surface area contributed by atoms with Crippen molar-refractivity contribution in [1.29, 1.82) is 0 Å². The van der Waals surface area contributed by atoms with Crippen LogP contribution in [0.1, 0.15) is 13.3 Å². The molecule has 14 heavy (non-hydrogen) atoms. The number of carbonyl (C=O) groups excluding carboxylic acids is 3. The van der Waals surface area contributed by atoms with Gasteiger partial charge in [0.25, 0.3) is 0 Å². The summed E-state index contributed by atoms with van der Waals surface area (Å²) >= 11 is 0. The van der Waals surface area contributed by atoms with Crippen LogP contribution in [0.2, 0.25) is 0 Å². The molecular formula is C9H13N2O3. The largest absolute Gasteiger partial charge is 0.339 e. The van der Waals surface area contributed by atoms with E-state index in [-0.39, 0.29) is 18.2 Å². The Morgan fingerprint density at radius 2 is 1.64 bits per heavy atom. The molecule has 5 heteroatoms. The van der Waals surface area contributed by atoms with Crippen LogP contribution < -0.4 is 0 Å². The second-order valence-corrected chi connectivity index (χ2v) is 3.21. The smallest absolute Gasteiger partial charge is 0.230 e. The number of hydrogen-bond acceptors (Lipinski definition) is 3. The predicted octanol–water partition coefficient (Wildman–Crippen LogP) is -0.823. The van der Waals surface area contributed by atoms with Crippen LogP contribution in [0.4, 0.5) is 0 Å². The highest BCUT2D eigenvalue weighted by Crippen LogP contribution is 2.03. The Hall–Kier alpha value is -1.39. The van der Waals surface area contributed by atoms with Crippen LogP contribution in [-0.4, -0.2) is 54.1 Å². The van der Waals surface area contributed by atoms with Gasteiger partial charge in [0.2, 0.25) is 18.1 Å². The van der Waals surface area contributed by atoms with E-state index >= 15 is 0 Å². The van der Waals surface area contributed by atoms with E-state index in [1.165, 1.54) is 6.92 Å². The van der Waals surface area contributed by atoms with E-state index in [9.17, 15) is 14.4 Å². The summed E-state index contributed by atoms with van der Waals surface area (Å²) in [6, 6.07) is 0. The normalized spacial score (nSPS) is 16.6. The van der Waals surface area contributed by atoms with Gasteiger partial charge in [-0.15, -0.1) is 0 Å². The molecular weight excluding hydrogens is 184 g/mol. The second-order valence-electron chi connectivity index (χ2n) is 3.21. The molecule has 0 atom stereocenters. The topological polar surface area (TPSA) is 57.7 Å². The van der Waals surface area contributed by atoms with Gasteiger partial charge in [0, 0.05) is 33.1 Å². The highest BCUT2D eigenvalue weighted by molar-refractivity contribution is 5.88. The summed E-state index contributed by atoms with van der Waals surface area (Å²) < 4.78 is 0. The summed E-state index contributed by atoms with van der Waals surface area (Å²) in [6.07, 6.45) is 1.40. The average molecular weight is 197 g/mol. The van der Waals surface area contributed by atoms with Crippen LogP contribution >= 0.6 is 0 Å². The molecule has 0 aromatic carbocycles. The number of hydrogen-bond donors (Lipinski definition) is 0. The van der Waals surface area contributed by atoms with Crippen LogP contribution in [-0.2, 0) is 14.4 Å². The van der Waals surface area contributed by atoms with Gasteiger partial charge in [0.1, 0.15) is 0 Å². The van der Waals surface area contributed by atoms with E-state index in [1.807, 2.05) is 0 Å². The summed E-state index contributed by atoms with van der Waals surface area (Å²) in [5.41, 5.74) is 0. The number of piperazine rings is 1. The van der Waals surface area contributed by atoms with E-state index in [1.54, 1.807) is 16.1 Å². The Kier molecular flexibility index (Phi) is 3.62. The molecule has 5 nitrogen and oxygen atoms in total. The molecule has 1 aliphatic rings.